The Morgan fingerprint density at radius 1 is 1.50 bits per heavy atom. The third kappa shape index (κ3) is 1.64. The van der Waals surface area contributed by atoms with Crippen molar-refractivity contribution in [1.82, 2.24) is 0 Å². The minimum atomic E-state index is 0.327. The van der Waals surface area contributed by atoms with Gasteiger partial charge in [0.25, 0.3) is 0 Å². The van der Waals surface area contributed by atoms with E-state index < -0.39 is 0 Å². The van der Waals surface area contributed by atoms with E-state index in [0.29, 0.717) is 5.92 Å². The highest BCUT2D eigenvalue weighted by molar-refractivity contribution is 5.97. The number of hydrogen-bond acceptors (Lipinski definition) is 3. The van der Waals surface area contributed by atoms with E-state index in [1.54, 1.807) is 12.3 Å². The second-order valence-electron chi connectivity index (χ2n) is 2.29. The van der Waals surface area contributed by atoms with Gasteiger partial charge in [-0.3, -0.25) is 0 Å². The smallest absolute Gasteiger partial charge is 0.154 e. The molecule has 0 aliphatic carbocycles. The summed E-state index contributed by atoms with van der Waals surface area (Å²) in [6.07, 6.45) is 3.29. The zero-order valence-corrected chi connectivity index (χ0v) is 6.07. The van der Waals surface area contributed by atoms with Crippen LogP contribution in [0, 0.1) is 5.92 Å². The van der Waals surface area contributed by atoms with Crippen LogP contribution >= 0.6 is 0 Å². The van der Waals surface area contributed by atoms with Gasteiger partial charge in [0.1, 0.15) is 0 Å². The van der Waals surface area contributed by atoms with Gasteiger partial charge in [0, 0.05) is 24.1 Å². The molecule has 0 radical (unpaired) electrons. The summed E-state index contributed by atoms with van der Waals surface area (Å²) in [6, 6.07) is 0. The zero-order valence-electron chi connectivity index (χ0n) is 6.07. The van der Waals surface area contributed by atoms with Gasteiger partial charge >= 0.3 is 0 Å². The third-order valence-electron chi connectivity index (χ3n) is 1.08. The topological polar surface area (TPSA) is 37.1 Å². The lowest BCUT2D eigenvalue weighted by molar-refractivity contribution is 0.865. The maximum absolute atomic E-state index is 4.04. The van der Waals surface area contributed by atoms with E-state index in [2.05, 4.69) is 21.1 Å². The van der Waals surface area contributed by atoms with Crippen LogP contribution in [0.3, 0.4) is 0 Å². The fraction of sp³-hybridized carbons (Fsp3) is 0.429. The summed E-state index contributed by atoms with van der Waals surface area (Å²) in [5, 5.41) is 7.46. The van der Waals surface area contributed by atoms with Gasteiger partial charge in [-0.05, 0) is 0 Å². The maximum Gasteiger partial charge on any atom is 0.154 e. The van der Waals surface area contributed by atoms with Gasteiger partial charge in [0.15, 0.2) is 5.84 Å². The number of amidine groups is 1. The molecule has 0 aromatic rings. The normalized spacial score (nSPS) is 15.7. The number of hydrogen-bond donors (Lipinski definition) is 0. The van der Waals surface area contributed by atoms with Gasteiger partial charge in [-0.1, -0.05) is 13.8 Å². The molecule has 0 spiro atoms. The van der Waals surface area contributed by atoms with E-state index in [4.69, 9.17) is 0 Å². The van der Waals surface area contributed by atoms with E-state index in [1.165, 1.54) is 0 Å². The van der Waals surface area contributed by atoms with Gasteiger partial charge < -0.3 is 0 Å². The molecule has 1 aliphatic heterocycles. The third-order valence-corrected chi connectivity index (χ3v) is 1.08. The molecule has 0 atom stereocenters. The molecule has 0 saturated carbocycles. The molecular formula is C7H9N3. The van der Waals surface area contributed by atoms with Crippen molar-refractivity contribution in [2.75, 3.05) is 0 Å². The molecule has 0 fully saturated rings. The Labute approximate surface area is 59.9 Å². The second kappa shape index (κ2) is 3.08. The van der Waals surface area contributed by atoms with Crippen LogP contribution < -0.4 is 0 Å². The van der Waals surface area contributed by atoms with Gasteiger partial charge in [0.05, 0.1) is 0 Å². The first-order valence-corrected chi connectivity index (χ1v) is 3.19. The average molecular weight is 135 g/mol. The Kier molecular flexibility index (Phi) is 2.13. The molecular weight excluding hydrogens is 126 g/mol. The Hall–Kier alpha value is -1.21. The summed E-state index contributed by atoms with van der Waals surface area (Å²) in [6.45, 7) is 4.05. The van der Waals surface area contributed by atoms with Crippen molar-refractivity contribution >= 4 is 17.9 Å². The lowest BCUT2D eigenvalue weighted by Gasteiger charge is -1.98. The van der Waals surface area contributed by atoms with Gasteiger partial charge in [0.2, 0.25) is 0 Å². The van der Waals surface area contributed by atoms with Crippen molar-refractivity contribution < 1.29 is 0 Å². The Morgan fingerprint density at radius 3 is 3.00 bits per heavy atom. The molecule has 0 amide bonds. The van der Waals surface area contributed by atoms with Gasteiger partial charge in [-0.2, -0.15) is 0 Å². The summed E-state index contributed by atoms with van der Waals surface area (Å²) in [7, 11) is 0. The van der Waals surface area contributed by atoms with Crippen molar-refractivity contribution in [3.8, 4) is 0 Å². The van der Waals surface area contributed by atoms with Crippen molar-refractivity contribution in [2.45, 2.75) is 13.8 Å². The minimum absolute atomic E-state index is 0.327. The van der Waals surface area contributed by atoms with Crippen LogP contribution in [0.25, 0.3) is 0 Å². The largest absolute Gasteiger partial charge is 0.238 e. The van der Waals surface area contributed by atoms with E-state index in [1.807, 2.05) is 13.8 Å². The molecule has 1 rings (SSSR count). The Balaban J connectivity index is 2.81. The van der Waals surface area contributed by atoms with Crippen LogP contribution in [-0.2, 0) is 0 Å². The van der Waals surface area contributed by atoms with E-state index in [9.17, 15) is 0 Å². The van der Waals surface area contributed by atoms with Crippen LogP contribution in [0.1, 0.15) is 13.8 Å². The summed E-state index contributed by atoms with van der Waals surface area (Å²) in [5.74, 6) is 3.67. The predicted octanol–water partition coefficient (Wildman–Crippen LogP) is 1.27. The second-order valence-corrected chi connectivity index (χ2v) is 2.29. The first-order chi connectivity index (χ1) is 4.80. The van der Waals surface area contributed by atoms with Crippen molar-refractivity contribution in [1.29, 1.82) is 0 Å². The van der Waals surface area contributed by atoms with E-state index in [0.717, 1.165) is 5.84 Å². The zero-order chi connectivity index (χ0) is 7.40. The molecule has 0 aromatic carbocycles. The SMILES string of the molecule is CC(C)C1=NN=C=CC=N1. The van der Waals surface area contributed by atoms with Gasteiger partial charge in [-0.25, -0.2) is 4.99 Å². The quantitative estimate of drug-likeness (QED) is 0.519. The lowest BCUT2D eigenvalue weighted by Crippen LogP contribution is -2.02. The number of rotatable bonds is 1. The maximum atomic E-state index is 4.04. The summed E-state index contributed by atoms with van der Waals surface area (Å²) in [5.41, 5.74) is 0. The number of nitrogens with zero attached hydrogens (tertiary/aromatic N) is 3. The van der Waals surface area contributed by atoms with E-state index >= 15 is 0 Å². The molecule has 1 heterocycles. The average Bonchev–Trinajstić information content (AvgIpc) is 2.12. The molecule has 0 N–H and O–H groups in total. The van der Waals surface area contributed by atoms with Crippen LogP contribution in [0.5, 0.6) is 0 Å². The molecule has 0 unspecified atom stereocenters. The minimum Gasteiger partial charge on any atom is -0.238 e. The highest BCUT2D eigenvalue weighted by atomic mass is 15.2. The van der Waals surface area contributed by atoms with Crippen molar-refractivity contribution in [3.05, 3.63) is 6.08 Å². The van der Waals surface area contributed by atoms with Crippen molar-refractivity contribution in [2.24, 2.45) is 21.1 Å². The van der Waals surface area contributed by atoms with Crippen LogP contribution in [0.2, 0.25) is 0 Å². The van der Waals surface area contributed by atoms with E-state index in [-0.39, 0.29) is 0 Å². The molecule has 10 heavy (non-hydrogen) atoms. The fourth-order valence-corrected chi connectivity index (χ4v) is 0.551. The Morgan fingerprint density at radius 2 is 2.30 bits per heavy atom. The highest BCUT2D eigenvalue weighted by Crippen LogP contribution is 1.99. The fourth-order valence-electron chi connectivity index (χ4n) is 0.551. The summed E-state index contributed by atoms with van der Waals surface area (Å²) in [4.78, 5) is 4.04. The highest BCUT2D eigenvalue weighted by Gasteiger charge is 2.01. The van der Waals surface area contributed by atoms with Crippen LogP contribution in [0.4, 0.5) is 0 Å². The first kappa shape index (κ1) is 6.90. The number of aliphatic imine (C=N–C) groups is 1. The molecule has 0 bridgehead atoms. The predicted molar refractivity (Wildman–Crippen MR) is 42.8 cm³/mol. The first-order valence-electron chi connectivity index (χ1n) is 3.19. The molecule has 1 aliphatic rings. The molecule has 0 saturated heterocycles. The monoisotopic (exact) mass is 135 g/mol. The molecule has 52 valence electrons. The molecule has 3 nitrogen and oxygen atoms in total. The lowest BCUT2D eigenvalue weighted by atomic mass is 10.2. The molecule has 3 heteroatoms. The standard InChI is InChI=1S/C7H9N3/c1-6(2)7-8-4-3-5-9-10-7/h3-4,6H,1-2H3. The van der Waals surface area contributed by atoms with Gasteiger partial charge in [-0.15, -0.1) is 10.2 Å². The summed E-state index contributed by atoms with van der Waals surface area (Å²) >= 11 is 0. The molecule has 0 aromatic heterocycles. The Bertz CT molecular complexity index is 229. The van der Waals surface area contributed by atoms with Crippen molar-refractivity contribution in [3.63, 3.8) is 0 Å². The summed E-state index contributed by atoms with van der Waals surface area (Å²) < 4.78 is 0. The number of allylic oxidation sites excluding steroid dienone is 1. The van der Waals surface area contributed by atoms with Crippen LogP contribution in [-0.4, -0.2) is 17.9 Å². The van der Waals surface area contributed by atoms with Crippen LogP contribution in [0.15, 0.2) is 21.3 Å².